The van der Waals surface area contributed by atoms with Crippen molar-refractivity contribution in [2.24, 2.45) is 5.92 Å². The summed E-state index contributed by atoms with van der Waals surface area (Å²) in [6.45, 7) is 12.7. The fourth-order valence-corrected chi connectivity index (χ4v) is 6.30. The molecule has 0 amide bonds. The van der Waals surface area contributed by atoms with Crippen LogP contribution in [0.2, 0.25) is 10.0 Å². The molecule has 3 aromatic rings. The second kappa shape index (κ2) is 12.4. The number of hydrogen-bond acceptors (Lipinski definition) is 6. The van der Waals surface area contributed by atoms with Crippen molar-refractivity contribution in [3.63, 3.8) is 0 Å². The van der Waals surface area contributed by atoms with Gasteiger partial charge in [-0.2, -0.15) is 10.4 Å². The van der Waals surface area contributed by atoms with E-state index in [1.54, 1.807) is 16.9 Å². The van der Waals surface area contributed by atoms with E-state index < -0.39 is 0 Å². The number of anilines is 1. The van der Waals surface area contributed by atoms with Crippen molar-refractivity contribution in [1.29, 1.82) is 5.26 Å². The van der Waals surface area contributed by atoms with Crippen molar-refractivity contribution in [3.05, 3.63) is 45.7 Å². The zero-order chi connectivity index (χ0) is 26.5. The molecule has 5 rings (SSSR count). The number of nitrogens with zero attached hydrogens (tertiary/aromatic N) is 7. The van der Waals surface area contributed by atoms with E-state index in [4.69, 9.17) is 28.2 Å². The van der Waals surface area contributed by atoms with Crippen LogP contribution in [-0.2, 0) is 0 Å². The first-order valence-corrected chi connectivity index (χ1v) is 14.3. The van der Waals surface area contributed by atoms with E-state index in [-0.39, 0.29) is 11.7 Å². The van der Waals surface area contributed by atoms with Gasteiger partial charge in [-0.05, 0) is 62.9 Å². The van der Waals surface area contributed by atoms with Gasteiger partial charge < -0.3 is 4.90 Å². The molecule has 2 aromatic heterocycles. The van der Waals surface area contributed by atoms with Crippen LogP contribution in [0.3, 0.4) is 0 Å². The molecule has 0 N–H and O–H groups in total. The highest BCUT2D eigenvalue weighted by Crippen LogP contribution is 2.33. The molecule has 7 nitrogen and oxygen atoms in total. The van der Waals surface area contributed by atoms with Crippen LogP contribution in [0.15, 0.2) is 24.4 Å². The number of benzene rings is 1. The Morgan fingerprint density at radius 1 is 1.14 bits per heavy atom. The molecule has 198 valence electrons. The molecule has 9 heteroatoms. The van der Waals surface area contributed by atoms with Crippen molar-refractivity contribution >= 4 is 40.2 Å². The van der Waals surface area contributed by atoms with Crippen LogP contribution in [0, 0.1) is 17.2 Å². The standard InChI is InChI=1S/C26H31Cl2N7.C2H6/c1-3-18-16-34(12-9-23(18)33-10-5-4-6-11-33)24-15-30-25-22(14-29)32-35(26(25)31-24)17(2)20-8-7-19(27)13-21(20)28;1-2/h7-8,13,15,17-18,23H,3-6,9-12,16H2,1-2H3;1-2H3. The monoisotopic (exact) mass is 541 g/mol. The van der Waals surface area contributed by atoms with E-state index in [9.17, 15) is 5.26 Å². The summed E-state index contributed by atoms with van der Waals surface area (Å²) in [5.41, 5.74) is 2.25. The van der Waals surface area contributed by atoms with Gasteiger partial charge >= 0.3 is 0 Å². The third-order valence-corrected chi connectivity index (χ3v) is 8.24. The number of hydrogen-bond donors (Lipinski definition) is 0. The Hall–Kier alpha value is -2.40. The minimum atomic E-state index is -0.234. The second-order valence-electron chi connectivity index (χ2n) is 9.71. The molecule has 1 aromatic carbocycles. The van der Waals surface area contributed by atoms with Gasteiger partial charge in [0.25, 0.3) is 0 Å². The predicted molar refractivity (Wildman–Crippen MR) is 151 cm³/mol. The molecule has 3 atom stereocenters. The highest BCUT2D eigenvalue weighted by atomic mass is 35.5. The lowest BCUT2D eigenvalue weighted by Gasteiger charge is -2.45. The summed E-state index contributed by atoms with van der Waals surface area (Å²) in [5, 5.41) is 15.4. The molecule has 2 fully saturated rings. The summed E-state index contributed by atoms with van der Waals surface area (Å²) in [6, 6.07) is 8.01. The van der Waals surface area contributed by atoms with Gasteiger partial charge in [-0.3, -0.25) is 4.90 Å². The molecule has 0 spiro atoms. The Bertz CT molecular complexity index is 1250. The first-order valence-electron chi connectivity index (χ1n) is 13.6. The molecule has 0 aliphatic carbocycles. The summed E-state index contributed by atoms with van der Waals surface area (Å²) in [7, 11) is 0. The van der Waals surface area contributed by atoms with E-state index >= 15 is 0 Å². The van der Waals surface area contributed by atoms with Crippen LogP contribution in [0.4, 0.5) is 5.82 Å². The zero-order valence-corrected chi connectivity index (χ0v) is 23.8. The second-order valence-corrected chi connectivity index (χ2v) is 10.6. The number of likely N-dealkylation sites (tertiary alicyclic amines) is 1. The highest BCUT2D eigenvalue weighted by molar-refractivity contribution is 6.35. The Morgan fingerprint density at radius 3 is 2.57 bits per heavy atom. The van der Waals surface area contributed by atoms with E-state index in [1.807, 2.05) is 32.9 Å². The number of piperidine rings is 2. The minimum Gasteiger partial charge on any atom is -0.355 e. The Morgan fingerprint density at radius 2 is 1.89 bits per heavy atom. The van der Waals surface area contributed by atoms with E-state index in [0.29, 0.717) is 33.2 Å². The average Bonchev–Trinajstić information content (AvgIpc) is 3.32. The molecule has 4 heterocycles. The lowest BCUT2D eigenvalue weighted by Crippen LogP contribution is -2.52. The molecule has 2 aliphatic heterocycles. The maximum Gasteiger partial charge on any atom is 0.190 e. The molecule has 0 bridgehead atoms. The molecule has 0 saturated carbocycles. The molecular weight excluding hydrogens is 505 g/mol. The fourth-order valence-electron chi connectivity index (χ4n) is 5.73. The summed E-state index contributed by atoms with van der Waals surface area (Å²) in [6.07, 6.45) is 8.08. The van der Waals surface area contributed by atoms with Crippen molar-refractivity contribution in [2.75, 3.05) is 31.1 Å². The quantitative estimate of drug-likeness (QED) is 0.356. The maximum atomic E-state index is 9.68. The van der Waals surface area contributed by atoms with Gasteiger partial charge in [-0.15, -0.1) is 0 Å². The van der Waals surface area contributed by atoms with Gasteiger partial charge in [0.05, 0.1) is 12.2 Å². The van der Waals surface area contributed by atoms with Crippen LogP contribution in [-0.4, -0.2) is 56.9 Å². The van der Waals surface area contributed by atoms with Crippen LogP contribution in [0.25, 0.3) is 11.2 Å². The normalized spacial score (nSPS) is 21.3. The summed E-state index contributed by atoms with van der Waals surface area (Å²) >= 11 is 12.6. The number of nitriles is 1. The van der Waals surface area contributed by atoms with Gasteiger partial charge in [-0.25, -0.2) is 14.6 Å². The van der Waals surface area contributed by atoms with Gasteiger partial charge in [0.2, 0.25) is 0 Å². The molecular formula is C28H37Cl2N7. The molecule has 2 aliphatic rings. The van der Waals surface area contributed by atoms with Crippen molar-refractivity contribution in [3.8, 4) is 6.07 Å². The van der Waals surface area contributed by atoms with Gasteiger partial charge in [0.15, 0.2) is 11.3 Å². The zero-order valence-electron chi connectivity index (χ0n) is 22.3. The molecule has 0 radical (unpaired) electrons. The van der Waals surface area contributed by atoms with Crippen LogP contribution < -0.4 is 4.90 Å². The summed E-state index contributed by atoms with van der Waals surface area (Å²) in [4.78, 5) is 14.7. The van der Waals surface area contributed by atoms with Crippen molar-refractivity contribution < 1.29 is 0 Å². The van der Waals surface area contributed by atoms with Gasteiger partial charge in [0.1, 0.15) is 17.4 Å². The fraction of sp³-hybridized carbons (Fsp3) is 0.571. The molecule has 3 unspecified atom stereocenters. The van der Waals surface area contributed by atoms with Gasteiger partial charge in [0, 0.05) is 29.2 Å². The van der Waals surface area contributed by atoms with Crippen LogP contribution in [0.5, 0.6) is 0 Å². The predicted octanol–water partition coefficient (Wildman–Crippen LogP) is 6.73. The molecule has 37 heavy (non-hydrogen) atoms. The third kappa shape index (κ3) is 5.72. The van der Waals surface area contributed by atoms with E-state index in [0.717, 1.165) is 37.3 Å². The van der Waals surface area contributed by atoms with E-state index in [2.05, 4.69) is 32.9 Å². The Kier molecular flexibility index (Phi) is 9.28. The Labute approximate surface area is 230 Å². The number of halogens is 2. The van der Waals surface area contributed by atoms with Crippen molar-refractivity contribution in [1.82, 2.24) is 24.6 Å². The lowest BCUT2D eigenvalue weighted by atomic mass is 9.87. The first kappa shape index (κ1) is 27.6. The SMILES string of the molecule is CC.CCC1CN(c2cnc3c(C#N)nn(C(C)c4ccc(Cl)cc4Cl)c3n2)CCC1N1CCCCC1. The number of aromatic nitrogens is 4. The highest BCUT2D eigenvalue weighted by Gasteiger charge is 2.33. The van der Waals surface area contributed by atoms with Crippen LogP contribution >= 0.6 is 23.2 Å². The van der Waals surface area contributed by atoms with Gasteiger partial charge in [-0.1, -0.05) is 62.9 Å². The minimum absolute atomic E-state index is 0.234. The van der Waals surface area contributed by atoms with E-state index in [1.165, 1.54) is 32.4 Å². The topological polar surface area (TPSA) is 73.9 Å². The number of rotatable bonds is 5. The van der Waals surface area contributed by atoms with Crippen LogP contribution in [0.1, 0.15) is 77.1 Å². The first-order chi connectivity index (χ1) is 18.0. The lowest BCUT2D eigenvalue weighted by molar-refractivity contribution is 0.0974. The summed E-state index contributed by atoms with van der Waals surface area (Å²) < 4.78 is 1.76. The van der Waals surface area contributed by atoms with Crippen molar-refractivity contribution in [2.45, 2.75) is 71.9 Å². The summed E-state index contributed by atoms with van der Waals surface area (Å²) in [5.74, 6) is 1.44. The maximum absolute atomic E-state index is 9.68. The smallest absolute Gasteiger partial charge is 0.190 e. The largest absolute Gasteiger partial charge is 0.355 e. The molecule has 2 saturated heterocycles. The Balaban J connectivity index is 0.00000156. The average molecular weight is 543 g/mol. The third-order valence-electron chi connectivity index (χ3n) is 7.68. The number of fused-ring (bicyclic) bond motifs is 1.